The van der Waals surface area contributed by atoms with Crippen molar-refractivity contribution in [1.29, 1.82) is 0 Å². The number of nitrogens with zero attached hydrogens (tertiary/aromatic N) is 1. The van der Waals surface area contributed by atoms with Crippen LogP contribution in [-0.2, 0) is 21.4 Å². The van der Waals surface area contributed by atoms with Gasteiger partial charge >= 0.3 is 0 Å². The molecule has 1 aliphatic rings. The van der Waals surface area contributed by atoms with Gasteiger partial charge in [-0.1, -0.05) is 31.4 Å². The molecule has 1 aromatic carbocycles. The molecule has 3 N–H and O–H groups in total. The standard InChI is InChI=1S/C16H25N3O3S/c1-19(2)23(21,22)14-8-6-13(7-9-14)12-18-15(20)16(17)10-4-3-5-11-16/h6-9H,3-5,10-12,17H2,1-2H3,(H,18,20). The second-order valence-electron chi connectivity index (χ2n) is 6.33. The maximum Gasteiger partial charge on any atom is 0.242 e. The molecular formula is C16H25N3O3S. The lowest BCUT2D eigenvalue weighted by Crippen LogP contribution is -2.54. The van der Waals surface area contributed by atoms with Gasteiger partial charge in [-0.15, -0.1) is 0 Å². The van der Waals surface area contributed by atoms with E-state index in [4.69, 9.17) is 5.73 Å². The van der Waals surface area contributed by atoms with Crippen LogP contribution in [0.4, 0.5) is 0 Å². The first-order chi connectivity index (χ1) is 10.8. The lowest BCUT2D eigenvalue weighted by Gasteiger charge is -2.31. The minimum absolute atomic E-state index is 0.123. The lowest BCUT2D eigenvalue weighted by atomic mass is 9.82. The molecule has 2 rings (SSSR count). The molecule has 1 aromatic rings. The van der Waals surface area contributed by atoms with E-state index in [9.17, 15) is 13.2 Å². The van der Waals surface area contributed by atoms with Crippen LogP contribution in [0.3, 0.4) is 0 Å². The van der Waals surface area contributed by atoms with Crippen LogP contribution in [0.15, 0.2) is 29.2 Å². The minimum atomic E-state index is -3.43. The summed E-state index contributed by atoms with van der Waals surface area (Å²) in [5.41, 5.74) is 6.27. The number of sulfonamides is 1. The van der Waals surface area contributed by atoms with Crippen LogP contribution in [0.5, 0.6) is 0 Å². The Morgan fingerprint density at radius 1 is 1.17 bits per heavy atom. The number of carbonyl (C=O) groups is 1. The Bertz CT molecular complexity index is 648. The van der Waals surface area contributed by atoms with E-state index < -0.39 is 15.6 Å². The molecule has 0 bridgehead atoms. The van der Waals surface area contributed by atoms with Crippen molar-refractivity contribution in [1.82, 2.24) is 9.62 Å². The topological polar surface area (TPSA) is 92.5 Å². The van der Waals surface area contributed by atoms with Crippen LogP contribution < -0.4 is 11.1 Å². The molecule has 23 heavy (non-hydrogen) atoms. The van der Waals surface area contributed by atoms with Crippen molar-refractivity contribution in [2.75, 3.05) is 14.1 Å². The molecule has 1 fully saturated rings. The first kappa shape index (κ1) is 17.9. The van der Waals surface area contributed by atoms with Crippen molar-refractivity contribution in [3.05, 3.63) is 29.8 Å². The van der Waals surface area contributed by atoms with Crippen molar-refractivity contribution in [2.24, 2.45) is 5.73 Å². The maximum absolute atomic E-state index is 12.3. The number of amides is 1. The number of benzene rings is 1. The summed E-state index contributed by atoms with van der Waals surface area (Å²) in [5, 5.41) is 2.87. The van der Waals surface area contributed by atoms with Gasteiger partial charge < -0.3 is 11.1 Å². The van der Waals surface area contributed by atoms with Crippen molar-refractivity contribution >= 4 is 15.9 Å². The highest BCUT2D eigenvalue weighted by molar-refractivity contribution is 7.89. The summed E-state index contributed by atoms with van der Waals surface area (Å²) in [6.07, 6.45) is 4.55. The fourth-order valence-electron chi connectivity index (χ4n) is 2.76. The fourth-order valence-corrected chi connectivity index (χ4v) is 3.66. The van der Waals surface area contributed by atoms with Gasteiger partial charge in [0.05, 0.1) is 10.4 Å². The molecule has 0 spiro atoms. The third-order valence-electron chi connectivity index (χ3n) is 4.35. The zero-order valence-corrected chi connectivity index (χ0v) is 14.5. The van der Waals surface area contributed by atoms with Gasteiger partial charge in [0.1, 0.15) is 0 Å². The number of hydrogen-bond donors (Lipinski definition) is 2. The van der Waals surface area contributed by atoms with Crippen molar-refractivity contribution in [2.45, 2.75) is 49.1 Å². The van der Waals surface area contributed by atoms with Gasteiger partial charge in [-0.05, 0) is 30.5 Å². The summed E-state index contributed by atoms with van der Waals surface area (Å²) in [4.78, 5) is 12.5. The molecule has 1 saturated carbocycles. The molecular weight excluding hydrogens is 314 g/mol. The van der Waals surface area contributed by atoms with E-state index in [1.54, 1.807) is 24.3 Å². The highest BCUT2D eigenvalue weighted by Crippen LogP contribution is 2.26. The Kier molecular flexibility index (Phi) is 5.44. The largest absolute Gasteiger partial charge is 0.350 e. The van der Waals surface area contributed by atoms with E-state index in [1.807, 2.05) is 0 Å². The van der Waals surface area contributed by atoms with Crippen LogP contribution in [0, 0.1) is 0 Å². The number of carbonyl (C=O) groups excluding carboxylic acids is 1. The fraction of sp³-hybridized carbons (Fsp3) is 0.562. The lowest BCUT2D eigenvalue weighted by molar-refractivity contribution is -0.127. The highest BCUT2D eigenvalue weighted by Gasteiger charge is 2.34. The molecule has 0 aliphatic heterocycles. The Hall–Kier alpha value is -1.44. The smallest absolute Gasteiger partial charge is 0.242 e. The van der Waals surface area contributed by atoms with E-state index >= 15 is 0 Å². The van der Waals surface area contributed by atoms with Gasteiger partial charge in [0.25, 0.3) is 0 Å². The minimum Gasteiger partial charge on any atom is -0.350 e. The van der Waals surface area contributed by atoms with Crippen molar-refractivity contribution in [3.8, 4) is 0 Å². The average molecular weight is 339 g/mol. The zero-order chi connectivity index (χ0) is 17.1. The Balaban J connectivity index is 1.98. The van der Waals surface area contributed by atoms with E-state index in [2.05, 4.69) is 5.32 Å². The molecule has 0 atom stereocenters. The predicted molar refractivity (Wildman–Crippen MR) is 89.2 cm³/mol. The molecule has 0 saturated heterocycles. The third-order valence-corrected chi connectivity index (χ3v) is 6.18. The SMILES string of the molecule is CN(C)S(=O)(=O)c1ccc(CNC(=O)C2(N)CCCCC2)cc1. The summed E-state index contributed by atoms with van der Waals surface area (Å²) in [6, 6.07) is 6.52. The van der Waals surface area contributed by atoms with Gasteiger partial charge in [-0.3, -0.25) is 4.79 Å². The van der Waals surface area contributed by atoms with Crippen LogP contribution in [0.25, 0.3) is 0 Å². The molecule has 0 radical (unpaired) electrons. The zero-order valence-electron chi connectivity index (χ0n) is 13.7. The Morgan fingerprint density at radius 3 is 2.26 bits per heavy atom. The highest BCUT2D eigenvalue weighted by atomic mass is 32.2. The van der Waals surface area contributed by atoms with Gasteiger partial charge in [-0.2, -0.15) is 0 Å². The normalized spacial score (nSPS) is 17.9. The molecule has 0 unspecified atom stereocenters. The molecule has 0 aromatic heterocycles. The Labute approximate surface area is 138 Å². The Morgan fingerprint density at radius 2 is 1.74 bits per heavy atom. The second-order valence-corrected chi connectivity index (χ2v) is 8.48. The van der Waals surface area contributed by atoms with Crippen LogP contribution in [0.1, 0.15) is 37.7 Å². The first-order valence-electron chi connectivity index (χ1n) is 7.84. The summed E-state index contributed by atoms with van der Waals surface area (Å²) in [7, 11) is -0.437. The summed E-state index contributed by atoms with van der Waals surface area (Å²) >= 11 is 0. The number of nitrogens with one attached hydrogen (secondary N) is 1. The predicted octanol–water partition coefficient (Wildman–Crippen LogP) is 1.21. The van der Waals surface area contributed by atoms with Crippen molar-refractivity contribution < 1.29 is 13.2 Å². The second kappa shape index (κ2) is 6.98. The van der Waals surface area contributed by atoms with Crippen LogP contribution in [0.2, 0.25) is 0 Å². The maximum atomic E-state index is 12.3. The third kappa shape index (κ3) is 4.10. The van der Waals surface area contributed by atoms with Gasteiger partial charge in [-0.25, -0.2) is 12.7 Å². The molecule has 1 aliphatic carbocycles. The van der Waals surface area contributed by atoms with Crippen molar-refractivity contribution in [3.63, 3.8) is 0 Å². The van der Waals surface area contributed by atoms with E-state index in [1.165, 1.54) is 18.4 Å². The van der Waals surface area contributed by atoms with E-state index in [0.717, 1.165) is 37.7 Å². The molecule has 7 heteroatoms. The summed E-state index contributed by atoms with van der Waals surface area (Å²) in [5.74, 6) is -0.123. The van der Waals surface area contributed by atoms with Gasteiger partial charge in [0.15, 0.2) is 0 Å². The summed E-state index contributed by atoms with van der Waals surface area (Å²) < 4.78 is 25.2. The van der Waals surface area contributed by atoms with Crippen LogP contribution in [-0.4, -0.2) is 38.3 Å². The molecule has 0 heterocycles. The molecule has 6 nitrogen and oxygen atoms in total. The number of hydrogen-bond acceptors (Lipinski definition) is 4. The average Bonchev–Trinajstić information content (AvgIpc) is 2.53. The molecule has 128 valence electrons. The summed E-state index contributed by atoms with van der Waals surface area (Å²) in [6.45, 7) is 0.347. The molecule has 1 amide bonds. The van der Waals surface area contributed by atoms with Crippen LogP contribution >= 0.6 is 0 Å². The number of nitrogens with two attached hydrogens (primary N) is 1. The quantitative estimate of drug-likeness (QED) is 0.843. The monoisotopic (exact) mass is 339 g/mol. The first-order valence-corrected chi connectivity index (χ1v) is 9.28. The van der Waals surface area contributed by atoms with E-state index in [-0.39, 0.29) is 10.8 Å². The van der Waals surface area contributed by atoms with E-state index in [0.29, 0.717) is 6.54 Å². The number of rotatable bonds is 5. The van der Waals surface area contributed by atoms with Gasteiger partial charge in [0, 0.05) is 20.6 Å². The van der Waals surface area contributed by atoms with Gasteiger partial charge in [0.2, 0.25) is 15.9 Å².